The molecule has 1 aliphatic rings. The van der Waals surface area contributed by atoms with Crippen LogP contribution in [0.15, 0.2) is 53.3 Å². The van der Waals surface area contributed by atoms with Crippen LogP contribution in [0.25, 0.3) is 11.1 Å². The van der Waals surface area contributed by atoms with E-state index in [2.05, 4.69) is 33.2 Å². The summed E-state index contributed by atoms with van der Waals surface area (Å²) >= 11 is 2.26. The van der Waals surface area contributed by atoms with Crippen LogP contribution in [0.4, 0.5) is 5.69 Å². The summed E-state index contributed by atoms with van der Waals surface area (Å²) in [7, 11) is 4.64. The Morgan fingerprint density at radius 1 is 0.974 bits per heavy atom. The number of anilines is 1. The van der Waals surface area contributed by atoms with Crippen molar-refractivity contribution in [3.05, 3.63) is 81.0 Å². The number of carbonyl (C=O) groups is 2. The topological polar surface area (TPSA) is 103 Å². The number of nitrogens with one attached hydrogen (secondary N) is 2. The number of fused-ring (bicyclic) bond motifs is 3. The molecule has 3 aromatic rings. The maximum atomic E-state index is 13.4. The molecule has 1 atom stereocenters. The fraction of sp³-hybridized carbons (Fsp3) is 0.276. The molecule has 0 radical (unpaired) electrons. The molecule has 0 bridgehead atoms. The normalized spacial score (nSPS) is 13.9. The first kappa shape index (κ1) is 27.4. The predicted octanol–water partition coefficient (Wildman–Crippen LogP) is 5.05. The highest BCUT2D eigenvalue weighted by Gasteiger charge is 2.29. The Hall–Kier alpha value is -3.60. The van der Waals surface area contributed by atoms with E-state index in [0.29, 0.717) is 46.8 Å². The monoisotopic (exact) mass is 628 g/mol. The zero-order chi connectivity index (χ0) is 27.4. The number of aryl methyl sites for hydroxylation is 1. The average Bonchev–Trinajstić information content (AvgIpc) is 3.16. The molecule has 0 spiro atoms. The van der Waals surface area contributed by atoms with Gasteiger partial charge in [0.05, 0.1) is 33.1 Å². The minimum atomic E-state index is -0.430. The van der Waals surface area contributed by atoms with Crippen molar-refractivity contribution in [1.29, 1.82) is 0 Å². The number of methoxy groups -OCH3 is 3. The van der Waals surface area contributed by atoms with Crippen LogP contribution in [0.3, 0.4) is 0 Å². The second kappa shape index (κ2) is 11.8. The summed E-state index contributed by atoms with van der Waals surface area (Å²) in [6, 6.07) is 13.6. The summed E-state index contributed by atoms with van der Waals surface area (Å²) in [5.41, 5.74) is 4.30. The van der Waals surface area contributed by atoms with E-state index in [1.54, 1.807) is 38.5 Å². The number of rotatable bonds is 7. The zero-order valence-electron chi connectivity index (χ0n) is 21.6. The van der Waals surface area contributed by atoms with Gasteiger partial charge in [0.15, 0.2) is 11.5 Å². The van der Waals surface area contributed by atoms with Crippen molar-refractivity contribution in [3.63, 3.8) is 0 Å². The summed E-state index contributed by atoms with van der Waals surface area (Å²) in [6.07, 6.45) is 1.15. The standard InChI is InChI=1S/C29H29IN2O6/c1-16(33)31-22-11-9-19-13-25(36-2)27(37-3)28(38-4)26(19)20-10-12-23(24(34)14-21(20)22)32-29(35)18-7-5-17(15-30)6-8-18/h5-8,10,12-14,22H,9,11,15H2,1-4H3,(H,31,33)(H,32,34,35). The number of carbonyl (C=O) groups excluding carboxylic acids is 2. The summed E-state index contributed by atoms with van der Waals surface area (Å²) < 4.78 is 17.8. The molecule has 198 valence electrons. The van der Waals surface area contributed by atoms with Crippen molar-refractivity contribution in [3.8, 4) is 28.4 Å². The lowest BCUT2D eigenvalue weighted by atomic mass is 9.95. The molecule has 1 aliphatic carbocycles. The van der Waals surface area contributed by atoms with Gasteiger partial charge in [-0.05, 0) is 65.4 Å². The van der Waals surface area contributed by atoms with Gasteiger partial charge in [0.25, 0.3) is 5.91 Å². The minimum Gasteiger partial charge on any atom is -0.493 e. The van der Waals surface area contributed by atoms with Gasteiger partial charge in [-0.1, -0.05) is 40.8 Å². The summed E-state index contributed by atoms with van der Waals surface area (Å²) in [5.74, 6) is 0.818. The number of hydrogen-bond donors (Lipinski definition) is 2. The van der Waals surface area contributed by atoms with Crippen LogP contribution in [0, 0.1) is 0 Å². The fourth-order valence-corrected chi connectivity index (χ4v) is 5.26. The summed E-state index contributed by atoms with van der Waals surface area (Å²) in [6.45, 7) is 1.44. The molecule has 0 saturated heterocycles. The maximum Gasteiger partial charge on any atom is 0.255 e. The van der Waals surface area contributed by atoms with E-state index < -0.39 is 6.04 Å². The Kier molecular flexibility index (Phi) is 8.55. The third-order valence-corrected chi connectivity index (χ3v) is 7.42. The first-order chi connectivity index (χ1) is 18.3. The van der Waals surface area contributed by atoms with Crippen LogP contribution in [0.1, 0.15) is 46.4 Å². The van der Waals surface area contributed by atoms with E-state index >= 15 is 0 Å². The number of amides is 2. The van der Waals surface area contributed by atoms with Crippen molar-refractivity contribution < 1.29 is 23.8 Å². The Morgan fingerprint density at radius 3 is 2.29 bits per heavy atom. The van der Waals surface area contributed by atoms with Crippen LogP contribution in [-0.2, 0) is 15.6 Å². The van der Waals surface area contributed by atoms with Crippen molar-refractivity contribution in [2.75, 3.05) is 26.6 Å². The molecular weight excluding hydrogens is 599 g/mol. The molecule has 0 heterocycles. The Labute approximate surface area is 234 Å². The molecule has 3 aromatic carbocycles. The highest BCUT2D eigenvalue weighted by molar-refractivity contribution is 14.1. The Balaban J connectivity index is 1.89. The smallest absolute Gasteiger partial charge is 0.255 e. The van der Waals surface area contributed by atoms with Gasteiger partial charge < -0.3 is 24.8 Å². The van der Waals surface area contributed by atoms with Gasteiger partial charge in [0.2, 0.25) is 17.1 Å². The lowest BCUT2D eigenvalue weighted by molar-refractivity contribution is -0.119. The number of alkyl halides is 1. The molecule has 1 unspecified atom stereocenters. The van der Waals surface area contributed by atoms with Gasteiger partial charge in [-0.25, -0.2) is 0 Å². The van der Waals surface area contributed by atoms with Crippen LogP contribution in [0.2, 0.25) is 0 Å². The predicted molar refractivity (Wildman–Crippen MR) is 155 cm³/mol. The summed E-state index contributed by atoms with van der Waals surface area (Å²) in [5, 5.41) is 5.73. The summed E-state index contributed by atoms with van der Waals surface area (Å²) in [4.78, 5) is 38.4. The number of benzene rings is 2. The zero-order valence-corrected chi connectivity index (χ0v) is 23.8. The van der Waals surface area contributed by atoms with Crippen molar-refractivity contribution in [1.82, 2.24) is 5.32 Å². The van der Waals surface area contributed by atoms with Crippen LogP contribution in [0.5, 0.6) is 17.2 Å². The second-order valence-corrected chi connectivity index (χ2v) is 9.64. The Bertz CT molecular complexity index is 1440. The lowest BCUT2D eigenvalue weighted by Gasteiger charge is -2.19. The molecule has 0 aromatic heterocycles. The lowest BCUT2D eigenvalue weighted by Crippen LogP contribution is -2.26. The molecule has 8 nitrogen and oxygen atoms in total. The van der Waals surface area contributed by atoms with E-state index in [9.17, 15) is 14.4 Å². The van der Waals surface area contributed by atoms with E-state index in [-0.39, 0.29) is 22.9 Å². The van der Waals surface area contributed by atoms with E-state index in [1.165, 1.54) is 20.1 Å². The Morgan fingerprint density at radius 2 is 1.68 bits per heavy atom. The number of halogens is 1. The molecular formula is C29H29IN2O6. The van der Waals surface area contributed by atoms with E-state index in [4.69, 9.17) is 14.2 Å². The van der Waals surface area contributed by atoms with Gasteiger partial charge in [-0.3, -0.25) is 14.4 Å². The number of ether oxygens (including phenoxy) is 3. The van der Waals surface area contributed by atoms with Gasteiger partial charge in [0, 0.05) is 22.5 Å². The maximum absolute atomic E-state index is 13.4. The second-order valence-electron chi connectivity index (χ2n) is 8.88. The van der Waals surface area contributed by atoms with Crippen molar-refractivity contribution in [2.24, 2.45) is 0 Å². The fourth-order valence-electron chi connectivity index (χ4n) is 4.75. The molecule has 9 heteroatoms. The third-order valence-electron chi connectivity index (χ3n) is 6.53. The van der Waals surface area contributed by atoms with Gasteiger partial charge in [-0.2, -0.15) is 0 Å². The highest BCUT2D eigenvalue weighted by atomic mass is 127. The SMILES string of the molecule is COc1cc2c(c(OC)c1OC)-c1ccc(NC(=O)c3ccc(CI)cc3)c(=O)cc1C(NC(C)=O)CC2. The molecule has 0 aliphatic heterocycles. The van der Waals surface area contributed by atoms with Crippen LogP contribution >= 0.6 is 22.6 Å². The van der Waals surface area contributed by atoms with E-state index in [1.807, 2.05) is 18.2 Å². The van der Waals surface area contributed by atoms with Crippen molar-refractivity contribution >= 4 is 40.1 Å². The van der Waals surface area contributed by atoms with Crippen LogP contribution < -0.4 is 30.3 Å². The molecule has 38 heavy (non-hydrogen) atoms. The first-order valence-electron chi connectivity index (χ1n) is 12.0. The van der Waals surface area contributed by atoms with Gasteiger partial charge in [0.1, 0.15) is 0 Å². The number of hydrogen-bond acceptors (Lipinski definition) is 6. The van der Waals surface area contributed by atoms with Crippen LogP contribution in [-0.4, -0.2) is 33.1 Å². The minimum absolute atomic E-state index is 0.128. The molecule has 2 N–H and O–H groups in total. The van der Waals surface area contributed by atoms with Crippen molar-refractivity contribution in [2.45, 2.75) is 30.2 Å². The van der Waals surface area contributed by atoms with Gasteiger partial charge >= 0.3 is 0 Å². The van der Waals surface area contributed by atoms with Gasteiger partial charge in [-0.15, -0.1) is 0 Å². The first-order valence-corrected chi connectivity index (χ1v) is 13.6. The molecule has 2 amide bonds. The van der Waals surface area contributed by atoms with E-state index in [0.717, 1.165) is 21.1 Å². The quantitative estimate of drug-likeness (QED) is 0.281. The highest BCUT2D eigenvalue weighted by Crippen LogP contribution is 2.50. The molecule has 0 saturated carbocycles. The largest absolute Gasteiger partial charge is 0.493 e. The average molecular weight is 628 g/mol. The molecule has 4 rings (SSSR count). The molecule has 0 fully saturated rings. The third kappa shape index (κ3) is 5.47.